The number of benzene rings is 1. The number of pyridine rings is 1. The molecule has 0 radical (unpaired) electrons. The minimum atomic E-state index is -0.262. The van der Waals surface area contributed by atoms with Gasteiger partial charge in [0.15, 0.2) is 0 Å². The Hall–Kier alpha value is -2.86. The Balaban J connectivity index is 1.89. The zero-order valence-electron chi connectivity index (χ0n) is 14.2. The van der Waals surface area contributed by atoms with Gasteiger partial charge in [-0.05, 0) is 18.2 Å². The Morgan fingerprint density at radius 3 is 2.60 bits per heavy atom. The number of halogens is 1. The topological polar surface area (TPSA) is 63.1 Å². The fourth-order valence-corrected chi connectivity index (χ4v) is 2.66. The van der Waals surface area contributed by atoms with Crippen molar-refractivity contribution in [1.82, 2.24) is 14.8 Å². The van der Waals surface area contributed by atoms with E-state index >= 15 is 0 Å². The van der Waals surface area contributed by atoms with Crippen molar-refractivity contribution in [2.75, 3.05) is 24.3 Å². The molecule has 2 heterocycles. The summed E-state index contributed by atoms with van der Waals surface area (Å²) in [5, 5.41) is 7.79. The van der Waals surface area contributed by atoms with Gasteiger partial charge in [-0.25, -0.2) is 4.98 Å². The summed E-state index contributed by atoms with van der Waals surface area (Å²) in [6.07, 6.45) is 3.30. The first-order chi connectivity index (χ1) is 12.0. The Kier molecular flexibility index (Phi) is 4.72. The summed E-state index contributed by atoms with van der Waals surface area (Å²) in [7, 11) is 5.59. The van der Waals surface area contributed by atoms with Crippen molar-refractivity contribution in [3.63, 3.8) is 0 Å². The molecule has 3 aromatic rings. The van der Waals surface area contributed by atoms with E-state index in [1.54, 1.807) is 30.2 Å². The van der Waals surface area contributed by atoms with E-state index in [1.165, 1.54) is 0 Å². The second kappa shape index (κ2) is 6.94. The largest absolute Gasteiger partial charge is 0.363 e. The van der Waals surface area contributed by atoms with Gasteiger partial charge in [0, 0.05) is 32.9 Å². The molecule has 0 aliphatic carbocycles. The lowest BCUT2D eigenvalue weighted by molar-refractivity contribution is 0.102. The molecule has 0 aliphatic heterocycles. The summed E-state index contributed by atoms with van der Waals surface area (Å²) in [6, 6.07) is 11.0. The SMILES string of the molecule is CN(C)c1ccc(NC(=O)c2cn(C)nc2-c2ccccc2Cl)cn1. The zero-order chi connectivity index (χ0) is 18.0. The van der Waals surface area contributed by atoms with Crippen LogP contribution in [0.2, 0.25) is 5.02 Å². The Morgan fingerprint density at radius 2 is 1.96 bits per heavy atom. The summed E-state index contributed by atoms with van der Waals surface area (Å²) in [5.41, 5.74) is 2.33. The molecule has 7 heteroatoms. The lowest BCUT2D eigenvalue weighted by atomic mass is 10.1. The first-order valence-electron chi connectivity index (χ1n) is 7.69. The highest BCUT2D eigenvalue weighted by molar-refractivity contribution is 6.33. The molecule has 0 saturated carbocycles. The standard InChI is InChI=1S/C18H18ClN5O/c1-23(2)16-9-8-12(10-20-16)21-18(25)14-11-24(3)22-17(14)13-6-4-5-7-15(13)19/h4-11H,1-3H3,(H,21,25). The lowest BCUT2D eigenvalue weighted by Gasteiger charge is -2.11. The first kappa shape index (κ1) is 17.0. The van der Waals surface area contributed by atoms with Crippen molar-refractivity contribution in [2.24, 2.45) is 7.05 Å². The Morgan fingerprint density at radius 1 is 1.20 bits per heavy atom. The Bertz CT molecular complexity index is 902. The van der Waals surface area contributed by atoms with Crippen LogP contribution in [0.5, 0.6) is 0 Å². The number of carbonyl (C=O) groups excluding carboxylic acids is 1. The number of amides is 1. The highest BCUT2D eigenvalue weighted by atomic mass is 35.5. The molecule has 0 aliphatic rings. The number of hydrogen-bond donors (Lipinski definition) is 1. The molecular formula is C18H18ClN5O. The van der Waals surface area contributed by atoms with Crippen molar-refractivity contribution in [2.45, 2.75) is 0 Å². The molecule has 2 aromatic heterocycles. The van der Waals surface area contributed by atoms with Crippen LogP contribution in [0.1, 0.15) is 10.4 Å². The van der Waals surface area contributed by atoms with Gasteiger partial charge in [-0.2, -0.15) is 5.10 Å². The van der Waals surface area contributed by atoms with Crippen LogP contribution >= 0.6 is 11.6 Å². The van der Waals surface area contributed by atoms with Crippen LogP contribution in [0, 0.1) is 0 Å². The number of carbonyl (C=O) groups is 1. The van der Waals surface area contributed by atoms with Gasteiger partial charge in [-0.1, -0.05) is 29.8 Å². The number of hydrogen-bond acceptors (Lipinski definition) is 4. The van der Waals surface area contributed by atoms with Crippen LogP contribution < -0.4 is 10.2 Å². The van der Waals surface area contributed by atoms with E-state index < -0.39 is 0 Å². The molecule has 0 atom stereocenters. The van der Waals surface area contributed by atoms with Crippen molar-refractivity contribution < 1.29 is 4.79 Å². The third-order valence-corrected chi connectivity index (χ3v) is 4.00. The van der Waals surface area contributed by atoms with Crippen LogP contribution in [0.15, 0.2) is 48.8 Å². The van der Waals surface area contributed by atoms with Crippen molar-refractivity contribution in [3.8, 4) is 11.3 Å². The molecule has 0 bridgehead atoms. The fourth-order valence-electron chi connectivity index (χ4n) is 2.43. The summed E-state index contributed by atoms with van der Waals surface area (Å²) >= 11 is 6.26. The summed E-state index contributed by atoms with van der Waals surface area (Å²) < 4.78 is 1.60. The molecule has 1 N–H and O–H groups in total. The van der Waals surface area contributed by atoms with E-state index in [1.807, 2.05) is 49.3 Å². The van der Waals surface area contributed by atoms with Crippen LogP contribution in [0.25, 0.3) is 11.3 Å². The zero-order valence-corrected chi connectivity index (χ0v) is 14.9. The average molecular weight is 356 g/mol. The summed E-state index contributed by atoms with van der Waals surface area (Å²) in [6.45, 7) is 0. The van der Waals surface area contributed by atoms with E-state index in [-0.39, 0.29) is 5.91 Å². The van der Waals surface area contributed by atoms with Gasteiger partial charge >= 0.3 is 0 Å². The second-order valence-electron chi connectivity index (χ2n) is 5.80. The summed E-state index contributed by atoms with van der Waals surface area (Å²) in [5.74, 6) is 0.554. The predicted molar refractivity (Wildman–Crippen MR) is 100 cm³/mol. The van der Waals surface area contributed by atoms with Crippen LogP contribution in [0.3, 0.4) is 0 Å². The van der Waals surface area contributed by atoms with E-state index in [2.05, 4.69) is 15.4 Å². The number of aryl methyl sites for hydroxylation is 1. The van der Waals surface area contributed by atoms with Crippen LogP contribution in [-0.2, 0) is 7.05 Å². The highest BCUT2D eigenvalue weighted by Gasteiger charge is 2.19. The molecular weight excluding hydrogens is 338 g/mol. The monoisotopic (exact) mass is 355 g/mol. The number of nitrogens with one attached hydrogen (secondary N) is 1. The van der Waals surface area contributed by atoms with E-state index in [0.29, 0.717) is 22.0 Å². The number of aromatic nitrogens is 3. The Labute approximate surface area is 151 Å². The van der Waals surface area contributed by atoms with Crippen molar-refractivity contribution in [3.05, 3.63) is 59.4 Å². The van der Waals surface area contributed by atoms with Gasteiger partial charge in [0.2, 0.25) is 0 Å². The maximum absolute atomic E-state index is 12.7. The molecule has 3 rings (SSSR count). The molecule has 0 spiro atoms. The van der Waals surface area contributed by atoms with Gasteiger partial charge in [-0.15, -0.1) is 0 Å². The van der Waals surface area contributed by atoms with Gasteiger partial charge < -0.3 is 10.2 Å². The predicted octanol–water partition coefficient (Wildman–Crippen LogP) is 3.45. The molecule has 0 saturated heterocycles. The van der Waals surface area contributed by atoms with Gasteiger partial charge in [0.25, 0.3) is 5.91 Å². The molecule has 6 nitrogen and oxygen atoms in total. The van der Waals surface area contributed by atoms with E-state index in [0.717, 1.165) is 11.4 Å². The second-order valence-corrected chi connectivity index (χ2v) is 6.21. The fraction of sp³-hybridized carbons (Fsp3) is 0.167. The first-order valence-corrected chi connectivity index (χ1v) is 8.07. The van der Waals surface area contributed by atoms with Crippen LogP contribution in [-0.4, -0.2) is 34.8 Å². The third-order valence-electron chi connectivity index (χ3n) is 3.67. The van der Waals surface area contributed by atoms with Crippen LogP contribution in [0.4, 0.5) is 11.5 Å². The molecule has 1 aromatic carbocycles. The molecule has 128 valence electrons. The number of nitrogens with zero attached hydrogens (tertiary/aromatic N) is 4. The third kappa shape index (κ3) is 3.64. The van der Waals surface area contributed by atoms with Gasteiger partial charge in [0.05, 0.1) is 22.5 Å². The molecule has 0 fully saturated rings. The summed E-state index contributed by atoms with van der Waals surface area (Å²) in [4.78, 5) is 18.9. The number of anilines is 2. The maximum Gasteiger partial charge on any atom is 0.259 e. The quantitative estimate of drug-likeness (QED) is 0.778. The highest BCUT2D eigenvalue weighted by Crippen LogP contribution is 2.29. The minimum absolute atomic E-state index is 0.262. The van der Waals surface area contributed by atoms with E-state index in [4.69, 9.17) is 11.6 Å². The van der Waals surface area contributed by atoms with Gasteiger partial charge in [-0.3, -0.25) is 9.48 Å². The molecule has 1 amide bonds. The van der Waals surface area contributed by atoms with E-state index in [9.17, 15) is 4.79 Å². The van der Waals surface area contributed by atoms with Crippen molar-refractivity contribution >= 4 is 29.0 Å². The van der Waals surface area contributed by atoms with Crippen molar-refractivity contribution in [1.29, 1.82) is 0 Å². The molecule has 0 unspecified atom stereocenters. The lowest BCUT2D eigenvalue weighted by Crippen LogP contribution is -2.14. The molecule has 25 heavy (non-hydrogen) atoms. The minimum Gasteiger partial charge on any atom is -0.363 e. The van der Waals surface area contributed by atoms with Gasteiger partial charge in [0.1, 0.15) is 11.5 Å². The number of rotatable bonds is 4. The smallest absolute Gasteiger partial charge is 0.259 e. The normalized spacial score (nSPS) is 10.6. The average Bonchev–Trinajstić information content (AvgIpc) is 2.97. The maximum atomic E-state index is 12.7.